The van der Waals surface area contributed by atoms with Gasteiger partial charge >= 0.3 is 0 Å². The predicted octanol–water partition coefficient (Wildman–Crippen LogP) is 6.27. The SMILES string of the molecule is Cc1cc(C)nc(N[C@@H](c2ccc(Br)cc2)c2cc(C)sc2NC(=O)c2ccco2)n1. The Bertz CT molecular complexity index is 1180. The first-order valence-electron chi connectivity index (χ1n) is 9.68. The number of carbonyl (C=O) groups is 1. The van der Waals surface area contributed by atoms with Gasteiger partial charge in [-0.2, -0.15) is 0 Å². The molecule has 4 rings (SSSR count). The van der Waals surface area contributed by atoms with Crippen LogP contribution in [0.3, 0.4) is 0 Å². The first-order chi connectivity index (χ1) is 14.9. The van der Waals surface area contributed by atoms with E-state index in [9.17, 15) is 4.79 Å². The fraction of sp³-hybridized carbons (Fsp3) is 0.174. The van der Waals surface area contributed by atoms with Gasteiger partial charge in [-0.15, -0.1) is 11.3 Å². The smallest absolute Gasteiger partial charge is 0.291 e. The molecule has 158 valence electrons. The summed E-state index contributed by atoms with van der Waals surface area (Å²) in [5.74, 6) is 0.519. The summed E-state index contributed by atoms with van der Waals surface area (Å²) in [5, 5.41) is 7.22. The van der Waals surface area contributed by atoms with Crippen molar-refractivity contribution >= 4 is 44.1 Å². The fourth-order valence-electron chi connectivity index (χ4n) is 3.33. The Morgan fingerprint density at radius 2 is 1.77 bits per heavy atom. The number of thiophene rings is 1. The number of anilines is 2. The number of benzene rings is 1. The zero-order chi connectivity index (χ0) is 22.0. The van der Waals surface area contributed by atoms with E-state index < -0.39 is 0 Å². The summed E-state index contributed by atoms with van der Waals surface area (Å²) >= 11 is 5.02. The molecule has 2 N–H and O–H groups in total. The maximum Gasteiger partial charge on any atom is 0.291 e. The zero-order valence-corrected chi connectivity index (χ0v) is 19.7. The first-order valence-corrected chi connectivity index (χ1v) is 11.3. The number of carbonyl (C=O) groups excluding carboxylic acids is 1. The molecule has 31 heavy (non-hydrogen) atoms. The van der Waals surface area contributed by atoms with E-state index in [1.54, 1.807) is 12.1 Å². The average Bonchev–Trinajstić information content (AvgIpc) is 3.36. The van der Waals surface area contributed by atoms with Crippen molar-refractivity contribution in [1.82, 2.24) is 9.97 Å². The maximum atomic E-state index is 12.6. The van der Waals surface area contributed by atoms with Crippen LogP contribution in [-0.2, 0) is 0 Å². The molecule has 8 heteroatoms. The number of furan rings is 1. The largest absolute Gasteiger partial charge is 0.459 e. The molecule has 0 aliphatic carbocycles. The Morgan fingerprint density at radius 1 is 1.06 bits per heavy atom. The van der Waals surface area contributed by atoms with Crippen LogP contribution in [0, 0.1) is 20.8 Å². The summed E-state index contributed by atoms with van der Waals surface area (Å²) in [4.78, 5) is 22.8. The molecule has 0 aliphatic heterocycles. The van der Waals surface area contributed by atoms with Gasteiger partial charge in [0.15, 0.2) is 5.76 Å². The summed E-state index contributed by atoms with van der Waals surface area (Å²) in [6.45, 7) is 5.90. The molecule has 1 amide bonds. The van der Waals surface area contributed by atoms with E-state index in [0.29, 0.717) is 5.95 Å². The van der Waals surface area contributed by atoms with E-state index in [1.165, 1.54) is 17.6 Å². The minimum atomic E-state index is -0.287. The van der Waals surface area contributed by atoms with Crippen LogP contribution in [0.2, 0.25) is 0 Å². The third-order valence-electron chi connectivity index (χ3n) is 4.63. The van der Waals surface area contributed by atoms with Gasteiger partial charge in [0, 0.05) is 26.3 Å². The standard InChI is InChI=1S/C23H21BrN4O2S/c1-13-11-14(2)26-23(25-13)27-20(16-6-8-17(24)9-7-16)18-12-15(3)31-22(18)28-21(29)19-5-4-10-30-19/h4-12,20H,1-3H3,(H,28,29)(H,25,26,27)/t20-/m0/s1. The molecular formula is C23H21BrN4O2S. The minimum absolute atomic E-state index is 0.258. The lowest BCUT2D eigenvalue weighted by molar-refractivity contribution is 0.0997. The molecule has 0 bridgehead atoms. The number of hydrogen-bond acceptors (Lipinski definition) is 6. The maximum absolute atomic E-state index is 12.6. The second-order valence-corrected chi connectivity index (χ2v) is 9.35. The van der Waals surface area contributed by atoms with E-state index in [4.69, 9.17) is 4.42 Å². The lowest BCUT2D eigenvalue weighted by atomic mass is 10.00. The van der Waals surface area contributed by atoms with Crippen LogP contribution in [-0.4, -0.2) is 15.9 Å². The number of nitrogens with zero attached hydrogens (tertiary/aromatic N) is 2. The van der Waals surface area contributed by atoms with Crippen LogP contribution < -0.4 is 10.6 Å². The van der Waals surface area contributed by atoms with Gasteiger partial charge in [-0.25, -0.2) is 9.97 Å². The Balaban J connectivity index is 1.74. The second kappa shape index (κ2) is 9.03. The molecule has 1 atom stereocenters. The summed E-state index contributed by atoms with van der Waals surface area (Å²) in [5.41, 5.74) is 3.74. The van der Waals surface area contributed by atoms with Crippen LogP contribution in [0.5, 0.6) is 0 Å². The molecule has 0 unspecified atom stereocenters. The van der Waals surface area contributed by atoms with Crippen molar-refractivity contribution < 1.29 is 9.21 Å². The van der Waals surface area contributed by atoms with Crippen molar-refractivity contribution in [3.8, 4) is 0 Å². The van der Waals surface area contributed by atoms with Gasteiger partial charge in [-0.1, -0.05) is 28.1 Å². The van der Waals surface area contributed by atoms with Gasteiger partial charge in [0.25, 0.3) is 5.91 Å². The second-order valence-electron chi connectivity index (χ2n) is 7.18. The van der Waals surface area contributed by atoms with Crippen LogP contribution >= 0.6 is 27.3 Å². The number of rotatable bonds is 6. The summed E-state index contributed by atoms with van der Waals surface area (Å²) in [6.07, 6.45) is 1.49. The molecule has 0 saturated carbocycles. The third-order valence-corrected chi connectivity index (χ3v) is 6.14. The minimum Gasteiger partial charge on any atom is -0.459 e. The van der Waals surface area contributed by atoms with Crippen molar-refractivity contribution in [3.05, 3.63) is 92.4 Å². The molecule has 4 aromatic rings. The third kappa shape index (κ3) is 5.03. The van der Waals surface area contributed by atoms with Crippen molar-refractivity contribution in [1.29, 1.82) is 0 Å². The molecule has 0 spiro atoms. The Kier molecular flexibility index (Phi) is 6.20. The fourth-order valence-corrected chi connectivity index (χ4v) is 4.54. The molecule has 0 fully saturated rings. The number of nitrogens with one attached hydrogen (secondary N) is 2. The van der Waals surface area contributed by atoms with Crippen LogP contribution in [0.25, 0.3) is 0 Å². The molecule has 0 aliphatic rings. The number of aromatic nitrogens is 2. The molecule has 3 aromatic heterocycles. The quantitative estimate of drug-likeness (QED) is 0.328. The van der Waals surface area contributed by atoms with Gasteiger partial charge in [-0.3, -0.25) is 4.79 Å². The highest BCUT2D eigenvalue weighted by molar-refractivity contribution is 9.10. The molecule has 0 radical (unpaired) electrons. The topological polar surface area (TPSA) is 80.0 Å². The van der Waals surface area contributed by atoms with E-state index in [-0.39, 0.29) is 17.7 Å². The van der Waals surface area contributed by atoms with Gasteiger partial charge in [0.1, 0.15) is 5.00 Å². The van der Waals surface area contributed by atoms with Crippen molar-refractivity contribution in [3.63, 3.8) is 0 Å². The molecule has 1 aromatic carbocycles. The highest BCUT2D eigenvalue weighted by atomic mass is 79.9. The highest BCUT2D eigenvalue weighted by Crippen LogP contribution is 2.37. The predicted molar refractivity (Wildman–Crippen MR) is 127 cm³/mol. The average molecular weight is 497 g/mol. The zero-order valence-electron chi connectivity index (χ0n) is 17.3. The highest BCUT2D eigenvalue weighted by Gasteiger charge is 2.23. The Hall–Kier alpha value is -2.97. The Morgan fingerprint density at radius 3 is 2.42 bits per heavy atom. The lowest BCUT2D eigenvalue weighted by Crippen LogP contribution is -2.17. The lowest BCUT2D eigenvalue weighted by Gasteiger charge is -2.21. The van der Waals surface area contributed by atoms with Crippen LogP contribution in [0.1, 0.15) is 44.0 Å². The van der Waals surface area contributed by atoms with E-state index in [0.717, 1.165) is 36.9 Å². The Labute approximate surface area is 192 Å². The van der Waals surface area contributed by atoms with Gasteiger partial charge < -0.3 is 15.1 Å². The van der Waals surface area contributed by atoms with Gasteiger partial charge in [-0.05, 0) is 62.7 Å². The first kappa shape index (κ1) is 21.3. The molecule has 3 heterocycles. The normalized spacial score (nSPS) is 11.9. The van der Waals surface area contributed by atoms with Crippen molar-refractivity contribution in [2.24, 2.45) is 0 Å². The number of hydrogen-bond donors (Lipinski definition) is 2. The summed E-state index contributed by atoms with van der Waals surface area (Å²) < 4.78 is 6.24. The van der Waals surface area contributed by atoms with Crippen LogP contribution in [0.15, 0.2) is 63.7 Å². The van der Waals surface area contributed by atoms with E-state index >= 15 is 0 Å². The van der Waals surface area contributed by atoms with Gasteiger partial charge in [0.2, 0.25) is 5.95 Å². The van der Waals surface area contributed by atoms with E-state index in [2.05, 4.69) is 42.6 Å². The molecular weight excluding hydrogens is 476 g/mol. The van der Waals surface area contributed by atoms with Crippen molar-refractivity contribution in [2.45, 2.75) is 26.8 Å². The monoisotopic (exact) mass is 496 g/mol. The number of amides is 1. The molecule has 6 nitrogen and oxygen atoms in total. The summed E-state index contributed by atoms with van der Waals surface area (Å²) in [7, 11) is 0. The molecule has 0 saturated heterocycles. The van der Waals surface area contributed by atoms with Gasteiger partial charge in [0.05, 0.1) is 12.3 Å². The summed E-state index contributed by atoms with van der Waals surface area (Å²) in [6, 6.07) is 15.1. The van der Waals surface area contributed by atoms with E-state index in [1.807, 2.05) is 51.1 Å². The number of aryl methyl sites for hydroxylation is 3. The van der Waals surface area contributed by atoms with Crippen molar-refractivity contribution in [2.75, 3.05) is 10.6 Å². The number of halogens is 1. The van der Waals surface area contributed by atoms with Crippen LogP contribution in [0.4, 0.5) is 10.9 Å².